The number of piperidine rings is 1. The minimum Gasteiger partial charge on any atom is -0.493 e. The molecule has 2 aromatic rings. The van der Waals surface area contributed by atoms with Gasteiger partial charge in [-0.2, -0.15) is 0 Å². The van der Waals surface area contributed by atoms with Crippen LogP contribution in [0.15, 0.2) is 54.2 Å². The summed E-state index contributed by atoms with van der Waals surface area (Å²) < 4.78 is 20.1. The highest BCUT2D eigenvalue weighted by molar-refractivity contribution is 6.35. The topological polar surface area (TPSA) is 49.9 Å². The molecule has 1 fully saturated rings. The Morgan fingerprint density at radius 2 is 1.67 bits per heavy atom. The molecule has 0 unspecified atom stereocenters. The molecule has 0 saturated carbocycles. The first-order valence-electron chi connectivity index (χ1n) is 11.7. The van der Waals surface area contributed by atoms with Gasteiger partial charge in [-0.3, -0.25) is 14.5 Å². The van der Waals surface area contributed by atoms with Gasteiger partial charge in [0, 0.05) is 18.7 Å². The second kappa shape index (κ2) is 9.77. The van der Waals surface area contributed by atoms with Gasteiger partial charge in [-0.15, -0.1) is 0 Å². The van der Waals surface area contributed by atoms with Crippen molar-refractivity contribution in [1.29, 1.82) is 0 Å². The Balaban J connectivity index is 1.67. The van der Waals surface area contributed by atoms with Gasteiger partial charge in [0.1, 0.15) is 17.3 Å². The monoisotopic (exact) mass is 450 g/mol. The Labute approximate surface area is 194 Å². The van der Waals surface area contributed by atoms with Gasteiger partial charge in [0.2, 0.25) is 0 Å². The smallest absolute Gasteiger partial charge is 0.278 e. The number of imide groups is 1. The van der Waals surface area contributed by atoms with Crippen LogP contribution in [-0.4, -0.2) is 41.3 Å². The molecule has 174 valence electrons. The Kier molecular flexibility index (Phi) is 6.82. The van der Waals surface area contributed by atoms with Crippen LogP contribution in [-0.2, 0) is 16.1 Å². The summed E-state index contributed by atoms with van der Waals surface area (Å²) in [5, 5.41) is 0. The minimum absolute atomic E-state index is 0.0861. The second-order valence-electron chi connectivity index (χ2n) is 9.41. The first kappa shape index (κ1) is 23.0. The summed E-state index contributed by atoms with van der Waals surface area (Å²) in [6.45, 7) is 8.33. The molecule has 2 heterocycles. The standard InChI is InChI=1S/C27H31FN2O3/c1-18(2)17-33-22-10-8-20(9-11-22)24-25(29-14-12-19(3)13-15-29)27(32)30(26(24)31)16-21-6-4-5-7-23(21)28/h4-11,18-19H,12-17H2,1-3H3. The van der Waals surface area contributed by atoms with Crippen molar-refractivity contribution in [1.82, 2.24) is 9.80 Å². The third-order valence-corrected chi connectivity index (χ3v) is 6.26. The average molecular weight is 451 g/mol. The van der Waals surface area contributed by atoms with Crippen LogP contribution < -0.4 is 4.74 Å². The van der Waals surface area contributed by atoms with E-state index in [1.807, 2.05) is 29.2 Å². The van der Waals surface area contributed by atoms with E-state index in [1.54, 1.807) is 18.2 Å². The van der Waals surface area contributed by atoms with Gasteiger partial charge >= 0.3 is 0 Å². The molecule has 5 nitrogen and oxygen atoms in total. The minimum atomic E-state index is -0.424. The molecular weight excluding hydrogens is 419 g/mol. The fraction of sp³-hybridized carbons (Fsp3) is 0.407. The quantitative estimate of drug-likeness (QED) is 0.565. The number of rotatable bonds is 7. The Bertz CT molecular complexity index is 1050. The maximum Gasteiger partial charge on any atom is 0.278 e. The van der Waals surface area contributed by atoms with E-state index >= 15 is 0 Å². The van der Waals surface area contributed by atoms with Crippen LogP contribution in [0.2, 0.25) is 0 Å². The van der Waals surface area contributed by atoms with Gasteiger partial charge < -0.3 is 9.64 Å². The SMILES string of the molecule is CC(C)COc1ccc(C2=C(N3CCC(C)CC3)C(=O)N(Cc3ccccc3F)C2=O)cc1. The van der Waals surface area contributed by atoms with E-state index in [1.165, 1.54) is 11.0 Å². The highest BCUT2D eigenvalue weighted by atomic mass is 19.1. The molecule has 0 aliphatic carbocycles. The summed E-state index contributed by atoms with van der Waals surface area (Å²) in [7, 11) is 0. The summed E-state index contributed by atoms with van der Waals surface area (Å²) >= 11 is 0. The second-order valence-corrected chi connectivity index (χ2v) is 9.41. The lowest BCUT2D eigenvalue weighted by Crippen LogP contribution is -2.38. The summed E-state index contributed by atoms with van der Waals surface area (Å²) in [6, 6.07) is 13.6. The number of carbonyl (C=O) groups is 2. The Morgan fingerprint density at radius 3 is 2.30 bits per heavy atom. The predicted molar refractivity (Wildman–Crippen MR) is 126 cm³/mol. The molecule has 2 amide bonds. The van der Waals surface area contributed by atoms with Crippen LogP contribution >= 0.6 is 0 Å². The first-order chi connectivity index (χ1) is 15.8. The van der Waals surface area contributed by atoms with E-state index < -0.39 is 5.82 Å². The molecular formula is C27H31FN2O3. The van der Waals surface area contributed by atoms with Crippen molar-refractivity contribution in [2.24, 2.45) is 11.8 Å². The van der Waals surface area contributed by atoms with Crippen molar-refractivity contribution in [3.05, 3.63) is 71.2 Å². The van der Waals surface area contributed by atoms with Crippen LogP contribution in [0.4, 0.5) is 4.39 Å². The number of nitrogens with zero attached hydrogens (tertiary/aromatic N) is 2. The van der Waals surface area contributed by atoms with Crippen molar-refractivity contribution in [2.45, 2.75) is 40.2 Å². The van der Waals surface area contributed by atoms with Crippen molar-refractivity contribution >= 4 is 17.4 Å². The lowest BCUT2D eigenvalue weighted by Gasteiger charge is -2.32. The fourth-order valence-electron chi connectivity index (χ4n) is 4.27. The van der Waals surface area contributed by atoms with Gasteiger partial charge in [0.15, 0.2) is 0 Å². The van der Waals surface area contributed by atoms with Crippen LogP contribution in [0.25, 0.3) is 5.57 Å². The fourth-order valence-corrected chi connectivity index (χ4v) is 4.27. The van der Waals surface area contributed by atoms with Gasteiger partial charge in [-0.1, -0.05) is 51.1 Å². The highest BCUT2D eigenvalue weighted by Crippen LogP contribution is 2.35. The number of hydrogen-bond donors (Lipinski definition) is 0. The molecule has 0 atom stereocenters. The van der Waals surface area contributed by atoms with Crippen molar-refractivity contribution in [2.75, 3.05) is 19.7 Å². The number of hydrogen-bond acceptors (Lipinski definition) is 4. The average Bonchev–Trinajstić information content (AvgIpc) is 3.05. The largest absolute Gasteiger partial charge is 0.493 e. The lowest BCUT2D eigenvalue weighted by atomic mass is 9.97. The van der Waals surface area contributed by atoms with Gasteiger partial charge in [-0.25, -0.2) is 4.39 Å². The van der Waals surface area contributed by atoms with Crippen molar-refractivity contribution in [3.63, 3.8) is 0 Å². The number of halogens is 1. The molecule has 0 N–H and O–H groups in total. The zero-order chi connectivity index (χ0) is 23.5. The van der Waals surface area contributed by atoms with Gasteiger partial charge in [0.05, 0.1) is 18.7 Å². The summed E-state index contributed by atoms with van der Waals surface area (Å²) in [4.78, 5) is 30.2. The summed E-state index contributed by atoms with van der Waals surface area (Å²) in [6.07, 6.45) is 1.93. The van der Waals surface area contributed by atoms with E-state index in [9.17, 15) is 14.0 Å². The number of benzene rings is 2. The number of likely N-dealkylation sites (tertiary alicyclic amines) is 1. The molecule has 0 aromatic heterocycles. The Morgan fingerprint density at radius 1 is 1.00 bits per heavy atom. The van der Waals surface area contributed by atoms with Crippen molar-refractivity contribution in [3.8, 4) is 5.75 Å². The molecule has 2 aliphatic rings. The predicted octanol–water partition coefficient (Wildman–Crippen LogP) is 4.87. The summed E-state index contributed by atoms with van der Waals surface area (Å²) in [5.41, 5.74) is 1.82. The summed E-state index contributed by atoms with van der Waals surface area (Å²) in [5.74, 6) is 0.555. The van der Waals surface area contributed by atoms with E-state index in [4.69, 9.17) is 4.74 Å². The number of amides is 2. The van der Waals surface area contributed by atoms with Gasteiger partial charge in [0.25, 0.3) is 11.8 Å². The number of ether oxygens (including phenoxy) is 1. The van der Waals surface area contributed by atoms with E-state index in [0.717, 1.165) is 31.7 Å². The lowest BCUT2D eigenvalue weighted by molar-refractivity contribution is -0.138. The van der Waals surface area contributed by atoms with Crippen LogP contribution in [0.1, 0.15) is 44.7 Å². The maximum absolute atomic E-state index is 14.3. The molecule has 4 rings (SSSR count). The molecule has 2 aromatic carbocycles. The van der Waals surface area contributed by atoms with Gasteiger partial charge in [-0.05, 0) is 48.4 Å². The Hall–Kier alpha value is -3.15. The highest BCUT2D eigenvalue weighted by Gasteiger charge is 2.42. The molecule has 2 aliphatic heterocycles. The van der Waals surface area contributed by atoms with Crippen molar-refractivity contribution < 1.29 is 18.7 Å². The zero-order valence-corrected chi connectivity index (χ0v) is 19.5. The normalized spacial score (nSPS) is 17.5. The molecule has 1 saturated heterocycles. The maximum atomic E-state index is 14.3. The zero-order valence-electron chi connectivity index (χ0n) is 19.5. The molecule has 0 radical (unpaired) electrons. The van der Waals surface area contributed by atoms with Crippen LogP contribution in [0.5, 0.6) is 5.75 Å². The first-order valence-corrected chi connectivity index (χ1v) is 11.7. The molecule has 0 spiro atoms. The van der Waals surface area contributed by atoms with E-state index in [2.05, 4.69) is 20.8 Å². The molecule has 6 heteroatoms. The molecule has 0 bridgehead atoms. The third kappa shape index (κ3) is 4.95. The molecule has 33 heavy (non-hydrogen) atoms. The van der Waals surface area contributed by atoms with E-state index in [-0.39, 0.29) is 18.4 Å². The number of carbonyl (C=O) groups excluding carboxylic acids is 2. The van der Waals surface area contributed by atoms with Crippen LogP contribution in [0, 0.1) is 17.7 Å². The van der Waals surface area contributed by atoms with E-state index in [0.29, 0.717) is 40.8 Å². The van der Waals surface area contributed by atoms with Crippen LogP contribution in [0.3, 0.4) is 0 Å². The third-order valence-electron chi connectivity index (χ3n) is 6.26.